The Bertz CT molecular complexity index is 199. The van der Waals surface area contributed by atoms with Crippen molar-refractivity contribution in [3.8, 4) is 0 Å². The molecule has 0 aromatic heterocycles. The zero-order valence-electron chi connectivity index (χ0n) is 10.5. The van der Waals surface area contributed by atoms with E-state index >= 15 is 0 Å². The molecule has 0 saturated carbocycles. The molecule has 0 N–H and O–H groups in total. The van der Waals surface area contributed by atoms with Gasteiger partial charge in [0.2, 0.25) is 0 Å². The summed E-state index contributed by atoms with van der Waals surface area (Å²) in [6, 6.07) is 0. The lowest BCUT2D eigenvalue weighted by molar-refractivity contribution is -0.224. The van der Waals surface area contributed by atoms with Crippen molar-refractivity contribution >= 4 is 0 Å². The Morgan fingerprint density at radius 2 is 1.93 bits per heavy atom. The van der Waals surface area contributed by atoms with Gasteiger partial charge in [-0.25, -0.2) is 0 Å². The molecule has 15 heavy (non-hydrogen) atoms. The van der Waals surface area contributed by atoms with Crippen molar-refractivity contribution in [2.75, 3.05) is 13.2 Å². The van der Waals surface area contributed by atoms with Gasteiger partial charge in [-0.05, 0) is 25.7 Å². The van der Waals surface area contributed by atoms with E-state index in [-0.39, 0.29) is 11.7 Å². The van der Waals surface area contributed by atoms with Crippen LogP contribution in [0, 0.1) is 11.3 Å². The molecule has 1 atom stereocenters. The maximum Gasteiger partial charge on any atom is 0.157 e. The van der Waals surface area contributed by atoms with Crippen LogP contribution in [0.3, 0.4) is 0 Å². The van der Waals surface area contributed by atoms with Crippen molar-refractivity contribution in [1.82, 2.24) is 0 Å². The van der Waals surface area contributed by atoms with Crippen LogP contribution >= 0.6 is 0 Å². The van der Waals surface area contributed by atoms with E-state index in [0.29, 0.717) is 5.92 Å². The van der Waals surface area contributed by atoms with Crippen LogP contribution in [0.1, 0.15) is 40.5 Å². The predicted molar refractivity (Wildman–Crippen MR) is 62.7 cm³/mol. The Kier molecular flexibility index (Phi) is 4.81. The smallest absolute Gasteiger partial charge is 0.157 e. The summed E-state index contributed by atoms with van der Waals surface area (Å²) in [6.07, 6.45) is 6.49. The molecule has 2 nitrogen and oxygen atoms in total. The Morgan fingerprint density at radius 1 is 1.33 bits per heavy atom. The third kappa shape index (κ3) is 4.80. The molecule has 1 rings (SSSR count). The molecule has 2 heteroatoms. The lowest BCUT2D eigenvalue weighted by Crippen LogP contribution is -2.37. The summed E-state index contributed by atoms with van der Waals surface area (Å²) < 4.78 is 11.4. The largest absolute Gasteiger partial charge is 0.352 e. The SMILES string of the molecule is C/C=C\[C@@H](C)CCC1OCC(C)(C)CO1. The average molecular weight is 212 g/mol. The predicted octanol–water partition coefficient (Wildman–Crippen LogP) is 3.38. The van der Waals surface area contributed by atoms with Gasteiger partial charge in [-0.1, -0.05) is 32.9 Å². The van der Waals surface area contributed by atoms with Crippen molar-refractivity contribution < 1.29 is 9.47 Å². The van der Waals surface area contributed by atoms with Gasteiger partial charge in [0, 0.05) is 5.41 Å². The Balaban J connectivity index is 2.19. The fourth-order valence-electron chi connectivity index (χ4n) is 1.72. The minimum atomic E-state index is 0.0192. The topological polar surface area (TPSA) is 18.5 Å². The van der Waals surface area contributed by atoms with Gasteiger partial charge in [-0.15, -0.1) is 0 Å². The molecule has 0 bridgehead atoms. The molecule has 1 aliphatic heterocycles. The van der Waals surface area contributed by atoms with E-state index in [1.165, 1.54) is 0 Å². The normalized spacial score (nSPS) is 24.5. The summed E-state index contributed by atoms with van der Waals surface area (Å²) in [5, 5.41) is 0. The molecule has 0 amide bonds. The molecule has 0 aromatic rings. The average Bonchev–Trinajstić information content (AvgIpc) is 2.17. The second-order valence-electron chi connectivity index (χ2n) is 5.30. The molecule has 1 aliphatic rings. The summed E-state index contributed by atoms with van der Waals surface area (Å²) in [7, 11) is 0. The fourth-order valence-corrected chi connectivity index (χ4v) is 1.72. The van der Waals surface area contributed by atoms with Gasteiger partial charge >= 0.3 is 0 Å². The number of hydrogen-bond donors (Lipinski definition) is 0. The van der Waals surface area contributed by atoms with Crippen molar-refractivity contribution in [2.45, 2.75) is 46.8 Å². The van der Waals surface area contributed by atoms with Gasteiger partial charge in [0.1, 0.15) is 0 Å². The molecule has 0 aromatic carbocycles. The van der Waals surface area contributed by atoms with Crippen LogP contribution in [0.25, 0.3) is 0 Å². The maximum absolute atomic E-state index is 5.68. The van der Waals surface area contributed by atoms with Crippen LogP contribution in [-0.4, -0.2) is 19.5 Å². The summed E-state index contributed by atoms with van der Waals surface area (Å²) >= 11 is 0. The van der Waals surface area contributed by atoms with Crippen LogP contribution in [-0.2, 0) is 9.47 Å². The third-order valence-corrected chi connectivity index (χ3v) is 2.70. The third-order valence-electron chi connectivity index (χ3n) is 2.70. The molecule has 88 valence electrons. The first-order valence-electron chi connectivity index (χ1n) is 5.89. The minimum absolute atomic E-state index is 0.0192. The number of rotatable bonds is 4. The van der Waals surface area contributed by atoms with Crippen molar-refractivity contribution in [3.05, 3.63) is 12.2 Å². The number of ether oxygens (including phenoxy) is 2. The van der Waals surface area contributed by atoms with Crippen LogP contribution in [0.15, 0.2) is 12.2 Å². The van der Waals surface area contributed by atoms with Gasteiger partial charge in [-0.2, -0.15) is 0 Å². The van der Waals surface area contributed by atoms with Crippen molar-refractivity contribution in [3.63, 3.8) is 0 Å². The molecule has 1 fully saturated rings. The second-order valence-corrected chi connectivity index (χ2v) is 5.30. The van der Waals surface area contributed by atoms with Gasteiger partial charge in [0.25, 0.3) is 0 Å². The van der Waals surface area contributed by atoms with E-state index < -0.39 is 0 Å². The highest BCUT2D eigenvalue weighted by molar-refractivity contribution is 4.83. The van der Waals surface area contributed by atoms with Gasteiger partial charge in [0.15, 0.2) is 6.29 Å². The fraction of sp³-hybridized carbons (Fsp3) is 0.846. The Labute approximate surface area is 93.7 Å². The quantitative estimate of drug-likeness (QED) is 0.665. The van der Waals surface area contributed by atoms with Gasteiger partial charge in [0.05, 0.1) is 13.2 Å². The second kappa shape index (κ2) is 5.66. The van der Waals surface area contributed by atoms with Crippen molar-refractivity contribution in [2.24, 2.45) is 11.3 Å². The molecule has 1 saturated heterocycles. The molecule has 0 unspecified atom stereocenters. The van der Waals surface area contributed by atoms with Gasteiger partial charge < -0.3 is 9.47 Å². The molecular weight excluding hydrogens is 188 g/mol. The van der Waals surface area contributed by atoms with E-state index in [2.05, 4.69) is 39.8 Å². The van der Waals surface area contributed by atoms with E-state index in [9.17, 15) is 0 Å². The summed E-state index contributed by atoms with van der Waals surface area (Å²) in [5.41, 5.74) is 0.186. The highest BCUT2D eigenvalue weighted by atomic mass is 16.7. The van der Waals surface area contributed by atoms with Crippen molar-refractivity contribution in [1.29, 1.82) is 0 Å². The first-order chi connectivity index (χ1) is 7.03. The lowest BCUT2D eigenvalue weighted by Gasteiger charge is -2.34. The molecule has 0 radical (unpaired) electrons. The van der Waals surface area contributed by atoms with E-state index in [1.807, 2.05) is 0 Å². The summed E-state index contributed by atoms with van der Waals surface area (Å²) in [4.78, 5) is 0. The number of allylic oxidation sites excluding steroid dienone is 2. The lowest BCUT2D eigenvalue weighted by atomic mass is 9.95. The Morgan fingerprint density at radius 3 is 2.47 bits per heavy atom. The standard InChI is InChI=1S/C13H24O2/c1-5-6-11(2)7-8-12-14-9-13(3,4)10-15-12/h5-6,11-12H,7-10H2,1-4H3/b6-5-/t11-/m1/s1. The maximum atomic E-state index is 5.68. The first kappa shape index (κ1) is 12.7. The highest BCUT2D eigenvalue weighted by Crippen LogP contribution is 2.25. The molecular formula is C13H24O2. The number of hydrogen-bond acceptors (Lipinski definition) is 2. The zero-order chi connectivity index (χ0) is 11.3. The monoisotopic (exact) mass is 212 g/mol. The van der Waals surface area contributed by atoms with E-state index in [4.69, 9.17) is 9.47 Å². The zero-order valence-corrected chi connectivity index (χ0v) is 10.5. The molecule has 1 heterocycles. The Hall–Kier alpha value is -0.340. The molecule has 0 aliphatic carbocycles. The summed E-state index contributed by atoms with van der Waals surface area (Å²) in [5.74, 6) is 0.622. The van der Waals surface area contributed by atoms with Crippen LogP contribution in [0.2, 0.25) is 0 Å². The summed E-state index contributed by atoms with van der Waals surface area (Å²) in [6.45, 7) is 10.3. The van der Waals surface area contributed by atoms with Crippen LogP contribution < -0.4 is 0 Å². The highest BCUT2D eigenvalue weighted by Gasteiger charge is 2.27. The van der Waals surface area contributed by atoms with E-state index in [0.717, 1.165) is 26.1 Å². The van der Waals surface area contributed by atoms with Crippen LogP contribution in [0.5, 0.6) is 0 Å². The van der Waals surface area contributed by atoms with E-state index in [1.54, 1.807) is 0 Å². The minimum Gasteiger partial charge on any atom is -0.352 e. The van der Waals surface area contributed by atoms with Gasteiger partial charge in [-0.3, -0.25) is 0 Å². The molecule has 0 spiro atoms. The van der Waals surface area contributed by atoms with Crippen LogP contribution in [0.4, 0.5) is 0 Å². The first-order valence-corrected chi connectivity index (χ1v) is 5.89.